The fourth-order valence-electron chi connectivity index (χ4n) is 2.16. The number of urea groups is 1. The van der Waals surface area contributed by atoms with Crippen molar-refractivity contribution in [1.29, 1.82) is 0 Å². The van der Waals surface area contributed by atoms with Gasteiger partial charge in [-0.25, -0.2) is 4.79 Å². The van der Waals surface area contributed by atoms with E-state index in [0.717, 1.165) is 32.5 Å². The Morgan fingerprint density at radius 2 is 2.20 bits per heavy atom. The quantitative estimate of drug-likeness (QED) is 0.678. The molecule has 4 heteroatoms. The maximum atomic E-state index is 12.0. The van der Waals surface area contributed by atoms with Gasteiger partial charge >= 0.3 is 6.03 Å². The second-order valence-electron chi connectivity index (χ2n) is 5.22. The van der Waals surface area contributed by atoms with Crippen LogP contribution in [0, 0.1) is 0 Å². The summed E-state index contributed by atoms with van der Waals surface area (Å²) in [5.41, 5.74) is -0.0634. The van der Waals surface area contributed by atoms with Crippen molar-refractivity contribution in [2.45, 2.75) is 44.7 Å². The summed E-state index contributed by atoms with van der Waals surface area (Å²) >= 11 is 0. The number of nitrogens with one attached hydrogen (secondary N) is 2. The molecule has 1 saturated carbocycles. The molecular weight excluding hydrogens is 190 g/mol. The second-order valence-corrected chi connectivity index (χ2v) is 5.22. The van der Waals surface area contributed by atoms with Crippen molar-refractivity contribution in [3.8, 4) is 0 Å². The molecule has 1 aliphatic carbocycles. The monoisotopic (exact) mass is 211 g/mol. The number of hydrogen-bond acceptors (Lipinski definition) is 2. The summed E-state index contributed by atoms with van der Waals surface area (Å²) in [6.07, 6.45) is 3.56. The molecule has 2 fully saturated rings. The molecule has 0 aromatic rings. The molecular formula is C11H21N3O. The first-order chi connectivity index (χ1) is 7.09. The van der Waals surface area contributed by atoms with E-state index in [0.29, 0.717) is 6.04 Å². The van der Waals surface area contributed by atoms with Gasteiger partial charge < -0.3 is 15.5 Å². The lowest BCUT2D eigenvalue weighted by molar-refractivity contribution is 0.108. The number of piperazine rings is 1. The number of rotatable bonds is 1. The molecule has 0 bridgehead atoms. The van der Waals surface area contributed by atoms with Crippen molar-refractivity contribution in [1.82, 2.24) is 15.5 Å². The zero-order valence-corrected chi connectivity index (χ0v) is 9.68. The Kier molecular flexibility index (Phi) is 2.87. The molecule has 2 amide bonds. The van der Waals surface area contributed by atoms with Crippen LogP contribution >= 0.6 is 0 Å². The third-order valence-electron chi connectivity index (χ3n) is 3.48. The Morgan fingerprint density at radius 1 is 1.47 bits per heavy atom. The molecule has 86 valence electrons. The highest BCUT2D eigenvalue weighted by Crippen LogP contribution is 2.21. The first-order valence-corrected chi connectivity index (χ1v) is 5.88. The van der Waals surface area contributed by atoms with Gasteiger partial charge in [0.25, 0.3) is 0 Å². The Bertz CT molecular complexity index is 248. The van der Waals surface area contributed by atoms with Crippen molar-refractivity contribution in [3.63, 3.8) is 0 Å². The molecule has 0 radical (unpaired) electrons. The van der Waals surface area contributed by atoms with Crippen molar-refractivity contribution in [3.05, 3.63) is 0 Å². The standard InChI is InChI=1S/C11H21N3O/c1-11(2)8-12-6-7-14(11)10(15)13-9-4-3-5-9/h9,12H,3-8H2,1-2H3,(H,13,15). The molecule has 0 aromatic carbocycles. The zero-order chi connectivity index (χ0) is 10.9. The highest BCUT2D eigenvalue weighted by molar-refractivity contribution is 5.75. The SMILES string of the molecule is CC1(C)CNCCN1C(=O)NC1CCC1. The maximum absolute atomic E-state index is 12.0. The van der Waals surface area contributed by atoms with Crippen LogP contribution in [0.3, 0.4) is 0 Å². The lowest BCUT2D eigenvalue weighted by atomic mass is 9.93. The predicted molar refractivity (Wildman–Crippen MR) is 59.8 cm³/mol. The van der Waals surface area contributed by atoms with Crippen LogP contribution in [-0.2, 0) is 0 Å². The van der Waals surface area contributed by atoms with E-state index >= 15 is 0 Å². The molecule has 2 aliphatic rings. The van der Waals surface area contributed by atoms with Gasteiger partial charge in [-0.2, -0.15) is 0 Å². The van der Waals surface area contributed by atoms with Crippen LogP contribution in [0.4, 0.5) is 4.79 Å². The van der Waals surface area contributed by atoms with Crippen LogP contribution in [0.25, 0.3) is 0 Å². The lowest BCUT2D eigenvalue weighted by Gasteiger charge is -2.43. The molecule has 2 N–H and O–H groups in total. The second kappa shape index (κ2) is 4.00. The Hall–Kier alpha value is -0.770. The molecule has 2 rings (SSSR count). The Labute approximate surface area is 91.4 Å². The first-order valence-electron chi connectivity index (χ1n) is 5.88. The van der Waals surface area contributed by atoms with Crippen LogP contribution in [0.5, 0.6) is 0 Å². The normalized spacial score (nSPS) is 25.9. The summed E-state index contributed by atoms with van der Waals surface area (Å²) < 4.78 is 0. The number of carbonyl (C=O) groups is 1. The third kappa shape index (κ3) is 2.25. The number of amides is 2. The van der Waals surface area contributed by atoms with Gasteiger partial charge in [0.1, 0.15) is 0 Å². The van der Waals surface area contributed by atoms with Gasteiger partial charge in [0, 0.05) is 25.7 Å². The topological polar surface area (TPSA) is 44.4 Å². The van der Waals surface area contributed by atoms with Crippen molar-refractivity contribution < 1.29 is 4.79 Å². The highest BCUT2D eigenvalue weighted by atomic mass is 16.2. The van der Waals surface area contributed by atoms with E-state index in [9.17, 15) is 4.79 Å². The van der Waals surface area contributed by atoms with Crippen LogP contribution in [0.1, 0.15) is 33.1 Å². The van der Waals surface area contributed by atoms with E-state index in [-0.39, 0.29) is 11.6 Å². The molecule has 4 nitrogen and oxygen atoms in total. The summed E-state index contributed by atoms with van der Waals surface area (Å²) in [6.45, 7) is 6.82. The number of hydrogen-bond donors (Lipinski definition) is 2. The Morgan fingerprint density at radius 3 is 2.73 bits per heavy atom. The van der Waals surface area contributed by atoms with E-state index in [1.807, 2.05) is 4.90 Å². The zero-order valence-electron chi connectivity index (χ0n) is 9.68. The van der Waals surface area contributed by atoms with Gasteiger partial charge in [-0.3, -0.25) is 0 Å². The van der Waals surface area contributed by atoms with Crippen LogP contribution in [-0.4, -0.2) is 42.1 Å². The largest absolute Gasteiger partial charge is 0.335 e. The van der Waals surface area contributed by atoms with Gasteiger partial charge in [0.05, 0.1) is 5.54 Å². The minimum atomic E-state index is -0.0634. The molecule has 15 heavy (non-hydrogen) atoms. The van der Waals surface area contributed by atoms with E-state index in [1.165, 1.54) is 6.42 Å². The summed E-state index contributed by atoms with van der Waals surface area (Å²) in [4.78, 5) is 14.0. The van der Waals surface area contributed by atoms with E-state index in [4.69, 9.17) is 0 Å². The highest BCUT2D eigenvalue weighted by Gasteiger charge is 2.34. The van der Waals surface area contributed by atoms with E-state index in [1.54, 1.807) is 0 Å². The third-order valence-corrected chi connectivity index (χ3v) is 3.48. The summed E-state index contributed by atoms with van der Waals surface area (Å²) in [5.74, 6) is 0. The molecule has 1 saturated heterocycles. The Balaban J connectivity index is 1.91. The van der Waals surface area contributed by atoms with E-state index < -0.39 is 0 Å². The minimum absolute atomic E-state index is 0.0634. The van der Waals surface area contributed by atoms with Crippen LogP contribution in [0.15, 0.2) is 0 Å². The van der Waals surface area contributed by atoms with Crippen LogP contribution in [0.2, 0.25) is 0 Å². The number of carbonyl (C=O) groups excluding carboxylic acids is 1. The van der Waals surface area contributed by atoms with Crippen molar-refractivity contribution in [2.75, 3.05) is 19.6 Å². The van der Waals surface area contributed by atoms with Crippen molar-refractivity contribution in [2.24, 2.45) is 0 Å². The molecule has 0 aromatic heterocycles. The summed E-state index contributed by atoms with van der Waals surface area (Å²) in [7, 11) is 0. The van der Waals surface area contributed by atoms with Crippen LogP contribution < -0.4 is 10.6 Å². The van der Waals surface area contributed by atoms with Gasteiger partial charge in [-0.15, -0.1) is 0 Å². The summed E-state index contributed by atoms with van der Waals surface area (Å²) in [5, 5.41) is 6.42. The fraction of sp³-hybridized carbons (Fsp3) is 0.909. The van der Waals surface area contributed by atoms with Gasteiger partial charge in [-0.1, -0.05) is 0 Å². The van der Waals surface area contributed by atoms with Crippen molar-refractivity contribution >= 4 is 6.03 Å². The van der Waals surface area contributed by atoms with Gasteiger partial charge in [0.2, 0.25) is 0 Å². The van der Waals surface area contributed by atoms with Gasteiger partial charge in [-0.05, 0) is 33.1 Å². The molecule has 1 heterocycles. The molecule has 0 unspecified atom stereocenters. The predicted octanol–water partition coefficient (Wildman–Crippen LogP) is 0.932. The molecule has 1 aliphatic heterocycles. The lowest BCUT2D eigenvalue weighted by Crippen LogP contribution is -2.63. The fourth-order valence-corrected chi connectivity index (χ4v) is 2.16. The maximum Gasteiger partial charge on any atom is 0.318 e. The van der Waals surface area contributed by atoms with E-state index in [2.05, 4.69) is 24.5 Å². The average Bonchev–Trinajstić information content (AvgIpc) is 2.10. The minimum Gasteiger partial charge on any atom is -0.335 e. The molecule has 0 atom stereocenters. The average molecular weight is 211 g/mol. The smallest absolute Gasteiger partial charge is 0.318 e. The van der Waals surface area contributed by atoms with Gasteiger partial charge in [0.15, 0.2) is 0 Å². The summed E-state index contributed by atoms with van der Waals surface area (Å²) in [6, 6.07) is 0.550. The molecule has 0 spiro atoms. The number of nitrogens with zero attached hydrogens (tertiary/aromatic N) is 1. The first kappa shape index (κ1) is 10.7.